The number of esters is 1. The van der Waals surface area contributed by atoms with E-state index in [1.807, 2.05) is 45.0 Å². The van der Waals surface area contributed by atoms with Crippen molar-refractivity contribution in [3.8, 4) is 0 Å². The number of aliphatic hydroxyl groups excluding tert-OH is 1. The third-order valence-electron chi connectivity index (χ3n) is 6.83. The Labute approximate surface area is 203 Å². The molecule has 184 valence electrons. The van der Waals surface area contributed by atoms with E-state index in [1.54, 1.807) is 6.07 Å². The Balaban J connectivity index is 1.86. The molecule has 1 saturated heterocycles. The standard InChI is InChI=1S/C28H38N2O4/c1-17-8-10-22(30-14-20(13-28(4,5)6)21(15-30)16-31)12-24(17)26(32)29-25-18(2)9-11-23(19(25)3)27(33)34-7/h8-12,20-21,31H,13-16H2,1-7H3,(H,29,32). The maximum atomic E-state index is 13.3. The smallest absolute Gasteiger partial charge is 0.338 e. The molecule has 0 bridgehead atoms. The van der Waals surface area contributed by atoms with Crippen LogP contribution in [0.5, 0.6) is 0 Å². The van der Waals surface area contributed by atoms with Crippen molar-refractivity contribution in [2.24, 2.45) is 17.3 Å². The number of amides is 1. The van der Waals surface area contributed by atoms with Gasteiger partial charge in [0.2, 0.25) is 0 Å². The summed E-state index contributed by atoms with van der Waals surface area (Å²) in [5, 5.41) is 13.0. The number of carbonyl (C=O) groups is 2. The lowest BCUT2D eigenvalue weighted by Gasteiger charge is -2.26. The van der Waals surface area contributed by atoms with E-state index in [2.05, 4.69) is 31.0 Å². The Kier molecular flexibility index (Phi) is 7.71. The van der Waals surface area contributed by atoms with E-state index < -0.39 is 5.97 Å². The Morgan fingerprint density at radius 1 is 1.03 bits per heavy atom. The minimum Gasteiger partial charge on any atom is -0.465 e. The number of nitrogens with one attached hydrogen (secondary N) is 1. The van der Waals surface area contributed by atoms with E-state index in [0.717, 1.165) is 36.3 Å². The third-order valence-corrected chi connectivity index (χ3v) is 6.83. The first kappa shape index (κ1) is 25.8. The molecule has 34 heavy (non-hydrogen) atoms. The summed E-state index contributed by atoms with van der Waals surface area (Å²) in [6, 6.07) is 9.49. The van der Waals surface area contributed by atoms with Gasteiger partial charge in [-0.25, -0.2) is 4.79 Å². The molecular formula is C28H38N2O4. The molecule has 2 N–H and O–H groups in total. The van der Waals surface area contributed by atoms with Crippen LogP contribution in [0.15, 0.2) is 30.3 Å². The van der Waals surface area contributed by atoms with E-state index in [-0.39, 0.29) is 23.8 Å². The molecule has 2 aromatic carbocycles. The summed E-state index contributed by atoms with van der Waals surface area (Å²) in [6.07, 6.45) is 1.04. The van der Waals surface area contributed by atoms with Gasteiger partial charge in [0.25, 0.3) is 5.91 Å². The van der Waals surface area contributed by atoms with Gasteiger partial charge >= 0.3 is 5.97 Å². The monoisotopic (exact) mass is 466 g/mol. The molecule has 2 aromatic rings. The molecule has 0 aromatic heterocycles. The fourth-order valence-corrected chi connectivity index (χ4v) is 4.98. The molecule has 2 unspecified atom stereocenters. The molecular weight excluding hydrogens is 428 g/mol. The van der Waals surface area contributed by atoms with Crippen molar-refractivity contribution in [3.05, 3.63) is 58.1 Å². The lowest BCUT2D eigenvalue weighted by atomic mass is 9.80. The summed E-state index contributed by atoms with van der Waals surface area (Å²) in [5.74, 6) is -0.000670. The molecule has 0 aliphatic carbocycles. The number of anilines is 2. The number of methoxy groups -OCH3 is 1. The third kappa shape index (κ3) is 5.61. The number of nitrogens with zero attached hydrogens (tertiary/aromatic N) is 1. The first-order valence-electron chi connectivity index (χ1n) is 11.9. The van der Waals surface area contributed by atoms with E-state index in [4.69, 9.17) is 4.74 Å². The maximum Gasteiger partial charge on any atom is 0.338 e. The molecule has 6 heteroatoms. The van der Waals surface area contributed by atoms with Gasteiger partial charge in [-0.15, -0.1) is 0 Å². The molecule has 0 spiro atoms. The van der Waals surface area contributed by atoms with E-state index in [1.165, 1.54) is 7.11 Å². The predicted octanol–water partition coefficient (Wildman–Crippen LogP) is 5.13. The fourth-order valence-electron chi connectivity index (χ4n) is 4.98. The number of hydrogen-bond acceptors (Lipinski definition) is 5. The number of carbonyl (C=O) groups excluding carboxylic acids is 2. The predicted molar refractivity (Wildman–Crippen MR) is 137 cm³/mol. The zero-order chi connectivity index (χ0) is 25.2. The van der Waals surface area contributed by atoms with Crippen LogP contribution in [0.3, 0.4) is 0 Å². The topological polar surface area (TPSA) is 78.9 Å². The van der Waals surface area contributed by atoms with Gasteiger partial charge in [-0.2, -0.15) is 0 Å². The van der Waals surface area contributed by atoms with Crippen LogP contribution in [-0.2, 0) is 4.74 Å². The summed E-state index contributed by atoms with van der Waals surface area (Å²) >= 11 is 0. The minimum atomic E-state index is -0.427. The number of aliphatic hydroxyl groups is 1. The van der Waals surface area contributed by atoms with Gasteiger partial charge in [0.1, 0.15) is 0 Å². The molecule has 2 atom stereocenters. The van der Waals surface area contributed by atoms with Gasteiger partial charge in [-0.1, -0.05) is 32.9 Å². The van der Waals surface area contributed by atoms with Crippen LogP contribution < -0.4 is 10.2 Å². The van der Waals surface area contributed by atoms with Gasteiger partial charge < -0.3 is 20.1 Å². The minimum absolute atomic E-state index is 0.172. The first-order chi connectivity index (χ1) is 15.9. The lowest BCUT2D eigenvalue weighted by molar-refractivity contribution is 0.0599. The van der Waals surface area contributed by atoms with Crippen molar-refractivity contribution < 1.29 is 19.4 Å². The first-order valence-corrected chi connectivity index (χ1v) is 11.9. The Morgan fingerprint density at radius 3 is 2.29 bits per heavy atom. The molecule has 1 amide bonds. The van der Waals surface area contributed by atoms with Crippen LogP contribution in [0.1, 0.15) is 64.6 Å². The summed E-state index contributed by atoms with van der Waals surface area (Å²) in [4.78, 5) is 27.7. The molecule has 6 nitrogen and oxygen atoms in total. The molecule has 1 heterocycles. The van der Waals surface area contributed by atoms with Crippen molar-refractivity contribution >= 4 is 23.3 Å². The van der Waals surface area contributed by atoms with Gasteiger partial charge in [0, 0.05) is 42.6 Å². The molecule has 1 aliphatic rings. The second-order valence-corrected chi connectivity index (χ2v) is 10.7. The average molecular weight is 467 g/mol. The molecule has 0 radical (unpaired) electrons. The zero-order valence-electron chi connectivity index (χ0n) is 21.5. The molecule has 1 aliphatic heterocycles. The van der Waals surface area contributed by atoms with Crippen LogP contribution >= 0.6 is 0 Å². The maximum absolute atomic E-state index is 13.3. The number of hydrogen-bond donors (Lipinski definition) is 2. The van der Waals surface area contributed by atoms with Crippen LogP contribution in [0, 0.1) is 38.0 Å². The highest BCUT2D eigenvalue weighted by molar-refractivity contribution is 6.07. The highest BCUT2D eigenvalue weighted by atomic mass is 16.5. The fraction of sp³-hybridized carbons (Fsp3) is 0.500. The highest BCUT2D eigenvalue weighted by Crippen LogP contribution is 2.36. The number of rotatable bonds is 6. The van der Waals surface area contributed by atoms with Gasteiger partial charge in [-0.3, -0.25) is 4.79 Å². The van der Waals surface area contributed by atoms with Gasteiger partial charge in [-0.05, 0) is 73.4 Å². The SMILES string of the molecule is COC(=O)c1ccc(C)c(NC(=O)c2cc(N3CC(CO)C(CC(C)(C)C)C3)ccc2C)c1C. The quantitative estimate of drug-likeness (QED) is 0.577. The number of aryl methyl sites for hydroxylation is 2. The highest BCUT2D eigenvalue weighted by Gasteiger charge is 2.35. The normalized spacial score (nSPS) is 18.2. The Morgan fingerprint density at radius 2 is 1.68 bits per heavy atom. The van der Waals surface area contributed by atoms with Crippen molar-refractivity contribution in [1.29, 1.82) is 0 Å². The lowest BCUT2D eigenvalue weighted by Crippen LogP contribution is -2.22. The average Bonchev–Trinajstić information content (AvgIpc) is 3.17. The van der Waals surface area contributed by atoms with Crippen molar-refractivity contribution in [1.82, 2.24) is 0 Å². The van der Waals surface area contributed by atoms with Crippen LogP contribution in [-0.4, -0.2) is 43.8 Å². The summed E-state index contributed by atoms with van der Waals surface area (Å²) in [7, 11) is 1.35. The van der Waals surface area contributed by atoms with Crippen LogP contribution in [0.4, 0.5) is 11.4 Å². The summed E-state index contributed by atoms with van der Waals surface area (Å²) < 4.78 is 4.88. The molecule has 1 fully saturated rings. The van der Waals surface area contributed by atoms with Gasteiger partial charge in [0.05, 0.1) is 12.7 Å². The molecule has 3 rings (SSSR count). The summed E-state index contributed by atoms with van der Waals surface area (Å²) in [5.41, 5.74) is 5.29. The second-order valence-electron chi connectivity index (χ2n) is 10.7. The largest absolute Gasteiger partial charge is 0.465 e. The van der Waals surface area contributed by atoms with Crippen LogP contribution in [0.25, 0.3) is 0 Å². The van der Waals surface area contributed by atoms with E-state index in [9.17, 15) is 14.7 Å². The molecule has 0 saturated carbocycles. The zero-order valence-corrected chi connectivity index (χ0v) is 21.5. The van der Waals surface area contributed by atoms with Crippen molar-refractivity contribution in [2.45, 2.75) is 48.0 Å². The van der Waals surface area contributed by atoms with Gasteiger partial charge in [0.15, 0.2) is 0 Å². The number of benzene rings is 2. The van der Waals surface area contributed by atoms with Crippen molar-refractivity contribution in [3.63, 3.8) is 0 Å². The number of ether oxygens (including phenoxy) is 1. The Bertz CT molecular complexity index is 1070. The second kappa shape index (κ2) is 10.2. The Hall–Kier alpha value is -2.86. The summed E-state index contributed by atoms with van der Waals surface area (Å²) in [6.45, 7) is 14.2. The van der Waals surface area contributed by atoms with Crippen molar-refractivity contribution in [2.75, 3.05) is 37.0 Å². The van der Waals surface area contributed by atoms with E-state index >= 15 is 0 Å². The van der Waals surface area contributed by atoms with Crippen LogP contribution in [0.2, 0.25) is 0 Å². The van der Waals surface area contributed by atoms with E-state index in [0.29, 0.717) is 28.3 Å².